The van der Waals surface area contributed by atoms with E-state index < -0.39 is 0 Å². The quantitative estimate of drug-likeness (QED) is 0.400. The summed E-state index contributed by atoms with van der Waals surface area (Å²) in [6, 6.07) is 24.3. The normalized spacial score (nSPS) is 12.2. The highest BCUT2D eigenvalue weighted by molar-refractivity contribution is 5.77. The third-order valence-corrected chi connectivity index (χ3v) is 4.80. The molecule has 0 radical (unpaired) electrons. The lowest BCUT2D eigenvalue weighted by molar-refractivity contribution is 1.46. The molecule has 0 amide bonds. The highest BCUT2D eigenvalue weighted by Crippen LogP contribution is 2.29. The summed E-state index contributed by atoms with van der Waals surface area (Å²) < 4.78 is 0. The van der Waals surface area contributed by atoms with E-state index in [1.807, 2.05) is 6.92 Å². The Kier molecular flexibility index (Phi) is 6.45. The molecule has 0 saturated heterocycles. The van der Waals surface area contributed by atoms with E-state index in [1.165, 1.54) is 44.5 Å². The topological polar surface area (TPSA) is 0 Å². The van der Waals surface area contributed by atoms with Crippen LogP contribution in [0.4, 0.5) is 0 Å². The number of allylic oxidation sites excluding steroid dienone is 5. The van der Waals surface area contributed by atoms with E-state index in [9.17, 15) is 0 Å². The minimum Gasteiger partial charge on any atom is -0.0874 e. The van der Waals surface area contributed by atoms with Gasteiger partial charge in [0, 0.05) is 0 Å². The summed E-state index contributed by atoms with van der Waals surface area (Å²) in [4.78, 5) is 0. The van der Waals surface area contributed by atoms with Crippen LogP contribution in [0.2, 0.25) is 0 Å². The summed E-state index contributed by atoms with van der Waals surface area (Å²) in [6.45, 7) is 8.41. The first kappa shape index (κ1) is 19.6. The minimum atomic E-state index is 1.21. The average Bonchev–Trinajstić information content (AvgIpc) is 2.69. The molecule has 0 N–H and O–H groups in total. The Morgan fingerprint density at radius 1 is 0.679 bits per heavy atom. The molecule has 0 heterocycles. The Balaban J connectivity index is 2.05. The second kappa shape index (κ2) is 9.19. The van der Waals surface area contributed by atoms with Crippen LogP contribution in [0.1, 0.15) is 30.5 Å². The summed E-state index contributed by atoms with van der Waals surface area (Å²) >= 11 is 0. The first-order valence-corrected chi connectivity index (χ1v) is 9.82. The van der Waals surface area contributed by atoms with Crippen molar-refractivity contribution in [1.82, 2.24) is 0 Å². The molecule has 0 unspecified atom stereocenters. The van der Waals surface area contributed by atoms with Crippen molar-refractivity contribution < 1.29 is 0 Å². The molecule has 140 valence electrons. The van der Waals surface area contributed by atoms with E-state index in [4.69, 9.17) is 0 Å². The van der Waals surface area contributed by atoms with Crippen LogP contribution in [0.5, 0.6) is 0 Å². The predicted molar refractivity (Wildman–Crippen MR) is 124 cm³/mol. The number of rotatable bonds is 5. The van der Waals surface area contributed by atoms with E-state index in [1.54, 1.807) is 0 Å². The molecule has 0 atom stereocenters. The fourth-order valence-electron chi connectivity index (χ4n) is 3.20. The molecule has 0 aromatic heterocycles. The summed E-state index contributed by atoms with van der Waals surface area (Å²) in [6.07, 6.45) is 10.6. The molecular formula is C28H28. The average molecular weight is 365 g/mol. The fourth-order valence-corrected chi connectivity index (χ4v) is 3.20. The number of hydrogen-bond donors (Lipinski definition) is 0. The van der Waals surface area contributed by atoms with Crippen LogP contribution in [0, 0.1) is 13.8 Å². The summed E-state index contributed by atoms with van der Waals surface area (Å²) in [5.74, 6) is 0. The van der Waals surface area contributed by atoms with Gasteiger partial charge in [-0.2, -0.15) is 0 Å². The van der Waals surface area contributed by atoms with Crippen molar-refractivity contribution in [1.29, 1.82) is 0 Å². The Morgan fingerprint density at radius 2 is 1.18 bits per heavy atom. The minimum absolute atomic E-state index is 1.21. The molecule has 0 aliphatic rings. The molecule has 0 aliphatic heterocycles. The largest absolute Gasteiger partial charge is 0.0874 e. The maximum Gasteiger partial charge on any atom is -0.0172 e. The molecule has 3 rings (SSSR count). The Labute approximate surface area is 169 Å². The van der Waals surface area contributed by atoms with Gasteiger partial charge in [-0.05, 0) is 73.7 Å². The van der Waals surface area contributed by atoms with E-state index >= 15 is 0 Å². The van der Waals surface area contributed by atoms with Crippen LogP contribution >= 0.6 is 0 Å². The predicted octanol–water partition coefficient (Wildman–Crippen LogP) is 8.17. The van der Waals surface area contributed by atoms with E-state index in [-0.39, 0.29) is 0 Å². The van der Waals surface area contributed by atoms with Gasteiger partial charge in [0.2, 0.25) is 0 Å². The molecule has 0 bridgehead atoms. The SMILES string of the molecule is C\C=C/C(C)=C\C=C\c1cc(-c2ccc(C)cc2)cc(-c2ccc(C)cc2)c1. The lowest BCUT2D eigenvalue weighted by Gasteiger charge is -2.10. The molecule has 0 saturated carbocycles. The first-order chi connectivity index (χ1) is 13.5. The van der Waals surface area contributed by atoms with Crippen molar-refractivity contribution in [3.05, 3.63) is 113 Å². The van der Waals surface area contributed by atoms with E-state index in [0.717, 1.165) is 0 Å². The molecular weight excluding hydrogens is 336 g/mol. The van der Waals surface area contributed by atoms with Gasteiger partial charge in [0.05, 0.1) is 0 Å². The van der Waals surface area contributed by atoms with Gasteiger partial charge in [0.15, 0.2) is 0 Å². The molecule has 3 aromatic carbocycles. The van der Waals surface area contributed by atoms with Crippen LogP contribution in [0.15, 0.2) is 96.6 Å². The Bertz CT molecular complexity index is 947. The number of hydrogen-bond acceptors (Lipinski definition) is 0. The van der Waals surface area contributed by atoms with Crippen molar-refractivity contribution in [2.75, 3.05) is 0 Å². The maximum atomic E-state index is 2.29. The van der Waals surface area contributed by atoms with Gasteiger partial charge in [-0.15, -0.1) is 0 Å². The highest BCUT2D eigenvalue weighted by Gasteiger charge is 2.05. The van der Waals surface area contributed by atoms with Crippen LogP contribution in [0.25, 0.3) is 28.3 Å². The van der Waals surface area contributed by atoms with Crippen molar-refractivity contribution >= 4 is 6.08 Å². The van der Waals surface area contributed by atoms with Crippen molar-refractivity contribution in [2.45, 2.75) is 27.7 Å². The molecule has 0 nitrogen and oxygen atoms in total. The van der Waals surface area contributed by atoms with Gasteiger partial charge in [-0.1, -0.05) is 95.6 Å². The zero-order valence-corrected chi connectivity index (χ0v) is 17.2. The zero-order valence-electron chi connectivity index (χ0n) is 17.2. The lowest BCUT2D eigenvalue weighted by atomic mass is 9.95. The number of aryl methyl sites for hydroxylation is 2. The molecule has 3 aromatic rings. The van der Waals surface area contributed by atoms with Crippen molar-refractivity contribution in [3.63, 3.8) is 0 Å². The van der Waals surface area contributed by atoms with Crippen molar-refractivity contribution in [3.8, 4) is 22.3 Å². The third kappa shape index (κ3) is 5.20. The second-order valence-corrected chi connectivity index (χ2v) is 7.35. The fraction of sp³-hybridized carbons (Fsp3) is 0.143. The van der Waals surface area contributed by atoms with Crippen LogP contribution in [-0.2, 0) is 0 Å². The smallest absolute Gasteiger partial charge is 0.0172 e. The summed E-state index contributed by atoms with van der Waals surface area (Å²) in [7, 11) is 0. The van der Waals surface area contributed by atoms with Crippen LogP contribution in [-0.4, -0.2) is 0 Å². The van der Waals surface area contributed by atoms with Gasteiger partial charge in [-0.3, -0.25) is 0 Å². The monoisotopic (exact) mass is 364 g/mol. The van der Waals surface area contributed by atoms with Gasteiger partial charge < -0.3 is 0 Å². The maximum absolute atomic E-state index is 2.29. The van der Waals surface area contributed by atoms with Gasteiger partial charge in [-0.25, -0.2) is 0 Å². The van der Waals surface area contributed by atoms with Crippen LogP contribution < -0.4 is 0 Å². The molecule has 0 fully saturated rings. The van der Waals surface area contributed by atoms with Crippen LogP contribution in [0.3, 0.4) is 0 Å². The number of benzene rings is 3. The summed E-state index contributed by atoms with van der Waals surface area (Å²) in [5.41, 5.74) is 9.99. The van der Waals surface area contributed by atoms with Crippen molar-refractivity contribution in [2.24, 2.45) is 0 Å². The highest BCUT2D eigenvalue weighted by atomic mass is 14.1. The molecule has 0 heteroatoms. The van der Waals surface area contributed by atoms with E-state index in [0.29, 0.717) is 0 Å². The Hall–Kier alpha value is -3.12. The molecule has 28 heavy (non-hydrogen) atoms. The van der Waals surface area contributed by atoms with Gasteiger partial charge in [0.25, 0.3) is 0 Å². The standard InChI is InChI=1S/C28H28/c1-5-7-21(2)8-6-9-24-18-27(25-14-10-22(3)11-15-25)20-28(19-24)26-16-12-23(4)13-17-26/h5-20H,1-4H3/b7-5-,9-6+,21-8-. The second-order valence-electron chi connectivity index (χ2n) is 7.35. The summed E-state index contributed by atoms with van der Waals surface area (Å²) in [5, 5.41) is 0. The van der Waals surface area contributed by atoms with Gasteiger partial charge >= 0.3 is 0 Å². The molecule has 0 aliphatic carbocycles. The van der Waals surface area contributed by atoms with Gasteiger partial charge in [0.1, 0.15) is 0 Å². The first-order valence-electron chi connectivity index (χ1n) is 9.82. The lowest BCUT2D eigenvalue weighted by Crippen LogP contribution is -1.85. The Morgan fingerprint density at radius 3 is 1.64 bits per heavy atom. The third-order valence-electron chi connectivity index (χ3n) is 4.80. The zero-order chi connectivity index (χ0) is 19.9. The van der Waals surface area contributed by atoms with E-state index in [2.05, 4.69) is 118 Å². The molecule has 0 spiro atoms.